The third-order valence-electron chi connectivity index (χ3n) is 2.89. The summed E-state index contributed by atoms with van der Waals surface area (Å²) in [5.74, 6) is -0.541. The Hall–Kier alpha value is -2.30. The van der Waals surface area contributed by atoms with Crippen molar-refractivity contribution in [2.24, 2.45) is 5.92 Å². The summed E-state index contributed by atoms with van der Waals surface area (Å²) in [5.41, 5.74) is 1.43. The molecule has 0 saturated heterocycles. The quantitative estimate of drug-likeness (QED) is 0.699. The maximum absolute atomic E-state index is 11.6. The smallest absolute Gasteiger partial charge is 0.328 e. The van der Waals surface area contributed by atoms with Gasteiger partial charge in [-0.15, -0.1) is 0 Å². The summed E-state index contributed by atoms with van der Waals surface area (Å²) < 4.78 is 0. The second-order valence-electron chi connectivity index (χ2n) is 4.64. The molecule has 0 spiro atoms. The molecule has 5 heteroatoms. The van der Waals surface area contributed by atoms with Crippen molar-refractivity contribution in [1.29, 1.82) is 0 Å². The first-order chi connectivity index (χ1) is 9.51. The minimum atomic E-state index is -0.989. The molecule has 2 amide bonds. The molecule has 0 aliphatic heterocycles. The van der Waals surface area contributed by atoms with E-state index in [2.05, 4.69) is 24.5 Å². The Morgan fingerprint density at radius 1 is 1.30 bits per heavy atom. The lowest BCUT2D eigenvalue weighted by Crippen LogP contribution is -2.32. The van der Waals surface area contributed by atoms with Gasteiger partial charge in [0.25, 0.3) is 0 Å². The summed E-state index contributed by atoms with van der Waals surface area (Å²) in [6, 6.07) is 6.70. The first kappa shape index (κ1) is 15.8. The number of carboxylic acids is 1. The molecule has 1 rings (SSSR count). The van der Waals surface area contributed by atoms with Crippen LogP contribution in [0.3, 0.4) is 0 Å². The molecule has 108 valence electrons. The number of nitrogens with one attached hydrogen (secondary N) is 2. The number of urea groups is 1. The highest BCUT2D eigenvalue weighted by Crippen LogP contribution is 2.10. The molecule has 20 heavy (non-hydrogen) atoms. The van der Waals surface area contributed by atoms with Crippen LogP contribution in [0.25, 0.3) is 6.08 Å². The lowest BCUT2D eigenvalue weighted by atomic mass is 10.1. The van der Waals surface area contributed by atoms with Crippen molar-refractivity contribution < 1.29 is 14.7 Å². The van der Waals surface area contributed by atoms with E-state index in [-0.39, 0.29) is 6.03 Å². The van der Waals surface area contributed by atoms with Gasteiger partial charge < -0.3 is 15.7 Å². The van der Waals surface area contributed by atoms with Crippen LogP contribution in [0.1, 0.15) is 25.8 Å². The molecule has 5 nitrogen and oxygen atoms in total. The molecule has 0 heterocycles. The Labute approximate surface area is 118 Å². The molecule has 3 N–H and O–H groups in total. The lowest BCUT2D eigenvalue weighted by Gasteiger charge is -2.11. The second-order valence-corrected chi connectivity index (χ2v) is 4.64. The highest BCUT2D eigenvalue weighted by molar-refractivity contribution is 5.89. The van der Waals surface area contributed by atoms with Gasteiger partial charge in [-0.3, -0.25) is 0 Å². The Bertz CT molecular complexity index is 480. The van der Waals surface area contributed by atoms with E-state index in [0.29, 0.717) is 18.2 Å². The van der Waals surface area contributed by atoms with Crippen LogP contribution in [0.15, 0.2) is 30.3 Å². The van der Waals surface area contributed by atoms with E-state index in [1.165, 1.54) is 6.08 Å². The molecule has 1 aromatic rings. The van der Waals surface area contributed by atoms with Crippen LogP contribution in [0.5, 0.6) is 0 Å². The van der Waals surface area contributed by atoms with E-state index >= 15 is 0 Å². The number of anilines is 1. The van der Waals surface area contributed by atoms with Crippen molar-refractivity contribution in [3.63, 3.8) is 0 Å². The minimum Gasteiger partial charge on any atom is -0.478 e. The van der Waals surface area contributed by atoms with Gasteiger partial charge in [0.1, 0.15) is 0 Å². The molecule has 1 atom stereocenters. The monoisotopic (exact) mass is 276 g/mol. The molecule has 0 aliphatic rings. The number of amides is 2. The summed E-state index contributed by atoms with van der Waals surface area (Å²) in [4.78, 5) is 22.0. The summed E-state index contributed by atoms with van der Waals surface area (Å²) in [6.45, 7) is 4.79. The van der Waals surface area contributed by atoms with Gasteiger partial charge in [-0.1, -0.05) is 32.4 Å². The average molecular weight is 276 g/mol. The first-order valence-corrected chi connectivity index (χ1v) is 6.57. The van der Waals surface area contributed by atoms with Crippen molar-refractivity contribution in [3.05, 3.63) is 35.9 Å². The van der Waals surface area contributed by atoms with Gasteiger partial charge in [0.15, 0.2) is 0 Å². The SMILES string of the molecule is CCC(C)CNC(=O)Nc1ccc(C=CC(=O)O)cc1. The van der Waals surface area contributed by atoms with Gasteiger partial charge >= 0.3 is 12.0 Å². The van der Waals surface area contributed by atoms with Gasteiger partial charge in [-0.25, -0.2) is 9.59 Å². The maximum Gasteiger partial charge on any atom is 0.328 e. The first-order valence-electron chi connectivity index (χ1n) is 6.57. The predicted octanol–water partition coefficient (Wildman–Crippen LogP) is 2.95. The molecule has 0 radical (unpaired) electrons. The molecule has 0 aliphatic carbocycles. The zero-order chi connectivity index (χ0) is 15.0. The summed E-state index contributed by atoms with van der Waals surface area (Å²) in [6.07, 6.45) is 3.58. The number of carboxylic acid groups (broad SMARTS) is 1. The number of rotatable bonds is 6. The molecule has 1 aromatic carbocycles. The normalized spacial score (nSPS) is 12.1. The lowest BCUT2D eigenvalue weighted by molar-refractivity contribution is -0.131. The van der Waals surface area contributed by atoms with E-state index in [4.69, 9.17) is 5.11 Å². The van der Waals surface area contributed by atoms with Crippen LogP contribution in [-0.2, 0) is 4.79 Å². The van der Waals surface area contributed by atoms with Crippen molar-refractivity contribution in [2.75, 3.05) is 11.9 Å². The van der Waals surface area contributed by atoms with Crippen molar-refractivity contribution >= 4 is 23.8 Å². The summed E-state index contributed by atoms with van der Waals surface area (Å²) >= 11 is 0. The van der Waals surface area contributed by atoms with Crippen LogP contribution < -0.4 is 10.6 Å². The number of aliphatic carboxylic acids is 1. The fourth-order valence-corrected chi connectivity index (χ4v) is 1.43. The fraction of sp³-hybridized carbons (Fsp3) is 0.333. The number of hydrogen-bond acceptors (Lipinski definition) is 2. The Morgan fingerprint density at radius 3 is 2.50 bits per heavy atom. The molecule has 0 saturated carbocycles. The highest BCUT2D eigenvalue weighted by Gasteiger charge is 2.03. The summed E-state index contributed by atoms with van der Waals surface area (Å²) in [7, 11) is 0. The maximum atomic E-state index is 11.6. The van der Waals surface area contributed by atoms with Crippen molar-refractivity contribution in [3.8, 4) is 0 Å². The molecular weight excluding hydrogens is 256 g/mol. The highest BCUT2D eigenvalue weighted by atomic mass is 16.4. The summed E-state index contributed by atoms with van der Waals surface area (Å²) in [5, 5.41) is 14.0. The fourth-order valence-electron chi connectivity index (χ4n) is 1.43. The van der Waals surface area contributed by atoms with Gasteiger partial charge in [0.05, 0.1) is 0 Å². The van der Waals surface area contributed by atoms with Crippen LogP contribution >= 0.6 is 0 Å². The number of carbonyl (C=O) groups excluding carboxylic acids is 1. The van der Waals surface area contributed by atoms with E-state index in [9.17, 15) is 9.59 Å². The molecular formula is C15H20N2O3. The van der Waals surface area contributed by atoms with Crippen LogP contribution in [0.4, 0.5) is 10.5 Å². The minimum absolute atomic E-state index is 0.237. The van der Waals surface area contributed by atoms with Gasteiger partial charge in [-0.05, 0) is 29.7 Å². The third kappa shape index (κ3) is 6.04. The average Bonchev–Trinajstić information content (AvgIpc) is 2.44. The molecule has 0 bridgehead atoms. The zero-order valence-corrected chi connectivity index (χ0v) is 11.7. The molecule has 0 fully saturated rings. The van der Waals surface area contributed by atoms with Crippen LogP contribution in [-0.4, -0.2) is 23.7 Å². The number of benzene rings is 1. The zero-order valence-electron chi connectivity index (χ0n) is 11.7. The van der Waals surface area contributed by atoms with E-state index in [1.54, 1.807) is 24.3 Å². The van der Waals surface area contributed by atoms with Crippen LogP contribution in [0.2, 0.25) is 0 Å². The Balaban J connectivity index is 2.48. The molecule has 0 aromatic heterocycles. The Morgan fingerprint density at radius 2 is 1.95 bits per heavy atom. The van der Waals surface area contributed by atoms with Gasteiger partial charge in [0.2, 0.25) is 0 Å². The van der Waals surface area contributed by atoms with E-state index < -0.39 is 5.97 Å². The largest absolute Gasteiger partial charge is 0.478 e. The topological polar surface area (TPSA) is 78.4 Å². The van der Waals surface area contributed by atoms with Crippen molar-refractivity contribution in [1.82, 2.24) is 5.32 Å². The standard InChI is InChI=1S/C15H20N2O3/c1-3-11(2)10-16-15(20)17-13-7-4-12(5-8-13)6-9-14(18)19/h4-9,11H,3,10H2,1-2H3,(H,18,19)(H2,16,17,20). The van der Waals surface area contributed by atoms with Gasteiger partial charge in [-0.2, -0.15) is 0 Å². The second kappa shape index (κ2) is 7.99. The van der Waals surface area contributed by atoms with Crippen molar-refractivity contribution in [2.45, 2.75) is 20.3 Å². The van der Waals surface area contributed by atoms with E-state index in [1.807, 2.05) is 0 Å². The van der Waals surface area contributed by atoms with E-state index in [0.717, 1.165) is 18.1 Å². The third-order valence-corrected chi connectivity index (χ3v) is 2.89. The molecule has 1 unspecified atom stereocenters. The number of hydrogen-bond donors (Lipinski definition) is 3. The number of carbonyl (C=O) groups is 2. The predicted molar refractivity (Wildman–Crippen MR) is 79.6 cm³/mol. The van der Waals surface area contributed by atoms with Crippen LogP contribution in [0, 0.1) is 5.92 Å². The van der Waals surface area contributed by atoms with Gasteiger partial charge in [0, 0.05) is 18.3 Å². The Kier molecular flexibility index (Phi) is 6.29.